The summed E-state index contributed by atoms with van der Waals surface area (Å²) in [5.74, 6) is -0.0283. The fourth-order valence-electron chi connectivity index (χ4n) is 3.04. The molecule has 116 valence electrons. The third kappa shape index (κ3) is 2.53. The quantitative estimate of drug-likeness (QED) is 0.536. The van der Waals surface area contributed by atoms with Crippen LogP contribution >= 0.6 is 34.5 Å². The predicted octanol–water partition coefficient (Wildman–Crippen LogP) is 5.80. The van der Waals surface area contributed by atoms with Gasteiger partial charge in [0.1, 0.15) is 4.88 Å². The number of aryl methyl sites for hydroxylation is 1. The molecule has 1 aromatic heterocycles. The summed E-state index contributed by atoms with van der Waals surface area (Å²) in [5, 5.41) is 2.06. The Bertz CT molecular complexity index is 919. The number of fused-ring (bicyclic) bond motifs is 2. The molecule has 0 radical (unpaired) electrons. The van der Waals surface area contributed by atoms with Crippen molar-refractivity contribution >= 4 is 56.2 Å². The second-order valence-electron chi connectivity index (χ2n) is 5.57. The van der Waals surface area contributed by atoms with Crippen LogP contribution in [0.1, 0.15) is 21.7 Å². The van der Waals surface area contributed by atoms with Gasteiger partial charge in [0, 0.05) is 27.3 Å². The monoisotopic (exact) mass is 361 g/mol. The smallest absolute Gasteiger partial charge is 0.269 e. The Morgan fingerprint density at radius 1 is 1.13 bits per heavy atom. The molecule has 2 aromatic carbocycles. The molecule has 1 aliphatic rings. The molecule has 2 nitrogen and oxygen atoms in total. The highest BCUT2D eigenvalue weighted by molar-refractivity contribution is 7.21. The highest BCUT2D eigenvalue weighted by Crippen LogP contribution is 2.39. The third-order valence-electron chi connectivity index (χ3n) is 4.14. The Kier molecular flexibility index (Phi) is 3.80. The molecule has 4 rings (SSSR count). The molecule has 0 atom stereocenters. The Balaban J connectivity index is 1.80. The van der Waals surface area contributed by atoms with Gasteiger partial charge in [-0.1, -0.05) is 47.5 Å². The fourth-order valence-corrected chi connectivity index (χ4v) is 4.78. The van der Waals surface area contributed by atoms with Gasteiger partial charge < -0.3 is 4.90 Å². The Labute approximate surface area is 148 Å². The SMILES string of the molecule is O=C(c1sc2cc(Cl)ccc2c1Cl)N1CCCc2ccccc21. The highest BCUT2D eigenvalue weighted by atomic mass is 35.5. The minimum atomic E-state index is -0.0283. The van der Waals surface area contributed by atoms with Crippen LogP contribution in [0.15, 0.2) is 42.5 Å². The Hall–Kier alpha value is -1.55. The summed E-state index contributed by atoms with van der Waals surface area (Å²) in [5.41, 5.74) is 2.21. The zero-order chi connectivity index (χ0) is 16.0. The van der Waals surface area contributed by atoms with Crippen LogP contribution in [-0.2, 0) is 6.42 Å². The average Bonchev–Trinajstić information content (AvgIpc) is 2.90. The van der Waals surface area contributed by atoms with E-state index in [1.54, 1.807) is 6.07 Å². The molecule has 23 heavy (non-hydrogen) atoms. The number of nitrogens with zero attached hydrogens (tertiary/aromatic N) is 1. The van der Waals surface area contributed by atoms with Crippen LogP contribution in [0.5, 0.6) is 0 Å². The van der Waals surface area contributed by atoms with Gasteiger partial charge in [-0.05, 0) is 36.6 Å². The average molecular weight is 362 g/mol. The lowest BCUT2D eigenvalue weighted by Gasteiger charge is -2.29. The van der Waals surface area contributed by atoms with Gasteiger partial charge >= 0.3 is 0 Å². The lowest BCUT2D eigenvalue weighted by atomic mass is 10.0. The standard InChI is InChI=1S/C18H13Cl2NOS/c19-12-7-8-13-15(10-12)23-17(16(13)20)18(22)21-9-3-5-11-4-1-2-6-14(11)21/h1-2,4,6-8,10H,3,5,9H2. The second-order valence-corrected chi connectivity index (χ2v) is 7.44. The third-order valence-corrected chi connectivity index (χ3v) is 6.02. The molecule has 0 saturated carbocycles. The van der Waals surface area contributed by atoms with Crippen molar-refractivity contribution in [2.24, 2.45) is 0 Å². The molecule has 0 spiro atoms. The van der Waals surface area contributed by atoms with Crippen LogP contribution in [0.3, 0.4) is 0 Å². The lowest BCUT2D eigenvalue weighted by molar-refractivity contribution is 0.0989. The molecule has 0 aliphatic carbocycles. The number of benzene rings is 2. The maximum atomic E-state index is 13.1. The van der Waals surface area contributed by atoms with Crippen LogP contribution in [0, 0.1) is 0 Å². The van der Waals surface area contributed by atoms with Gasteiger partial charge in [0.2, 0.25) is 0 Å². The van der Waals surface area contributed by atoms with Crippen LogP contribution in [0.4, 0.5) is 5.69 Å². The zero-order valence-electron chi connectivity index (χ0n) is 12.2. The minimum Gasteiger partial charge on any atom is -0.307 e. The summed E-state index contributed by atoms with van der Waals surface area (Å²) in [6.45, 7) is 0.723. The Morgan fingerprint density at radius 3 is 2.83 bits per heavy atom. The van der Waals surface area contributed by atoms with Gasteiger partial charge in [0.25, 0.3) is 5.91 Å². The van der Waals surface area contributed by atoms with E-state index in [4.69, 9.17) is 23.2 Å². The van der Waals surface area contributed by atoms with Crippen molar-refractivity contribution in [1.82, 2.24) is 0 Å². The molecule has 0 saturated heterocycles. The van der Waals surface area contributed by atoms with Crippen molar-refractivity contribution in [3.05, 3.63) is 63.0 Å². The summed E-state index contributed by atoms with van der Waals surface area (Å²) >= 11 is 13.9. The first-order valence-corrected chi connectivity index (χ1v) is 9.00. The van der Waals surface area contributed by atoms with Crippen molar-refractivity contribution in [3.8, 4) is 0 Å². The van der Waals surface area contributed by atoms with Crippen molar-refractivity contribution in [2.75, 3.05) is 11.4 Å². The molecular formula is C18H13Cl2NOS. The summed E-state index contributed by atoms with van der Waals surface area (Å²) < 4.78 is 0.941. The van der Waals surface area contributed by atoms with Gasteiger partial charge in [-0.3, -0.25) is 4.79 Å². The lowest BCUT2D eigenvalue weighted by Crippen LogP contribution is -2.35. The summed E-state index contributed by atoms with van der Waals surface area (Å²) in [6.07, 6.45) is 1.98. The predicted molar refractivity (Wildman–Crippen MR) is 98.3 cm³/mol. The van der Waals surface area contributed by atoms with Gasteiger partial charge in [-0.25, -0.2) is 0 Å². The molecule has 1 amide bonds. The van der Waals surface area contributed by atoms with Gasteiger partial charge in [0.15, 0.2) is 0 Å². The molecule has 2 heterocycles. The van der Waals surface area contributed by atoms with Crippen molar-refractivity contribution in [1.29, 1.82) is 0 Å². The first-order valence-electron chi connectivity index (χ1n) is 7.42. The number of halogens is 2. The van der Waals surface area contributed by atoms with Crippen LogP contribution in [-0.4, -0.2) is 12.5 Å². The van der Waals surface area contributed by atoms with Gasteiger partial charge in [-0.2, -0.15) is 0 Å². The maximum Gasteiger partial charge on any atom is 0.269 e. The van der Waals surface area contributed by atoms with Crippen molar-refractivity contribution in [2.45, 2.75) is 12.8 Å². The van der Waals surface area contributed by atoms with Crippen LogP contribution in [0.25, 0.3) is 10.1 Å². The van der Waals surface area contributed by atoms with E-state index in [1.165, 1.54) is 16.9 Å². The van der Waals surface area contributed by atoms with E-state index in [-0.39, 0.29) is 5.91 Å². The number of hydrogen-bond acceptors (Lipinski definition) is 2. The van der Waals surface area contributed by atoms with E-state index in [2.05, 4.69) is 6.07 Å². The van der Waals surface area contributed by atoms with E-state index < -0.39 is 0 Å². The number of hydrogen-bond donors (Lipinski definition) is 0. The number of carbonyl (C=O) groups excluding carboxylic acids is 1. The van der Waals surface area contributed by atoms with Crippen molar-refractivity contribution in [3.63, 3.8) is 0 Å². The first kappa shape index (κ1) is 15.0. The molecule has 0 bridgehead atoms. The van der Waals surface area contributed by atoms with E-state index in [9.17, 15) is 4.79 Å². The molecule has 1 aliphatic heterocycles. The van der Waals surface area contributed by atoms with Gasteiger partial charge in [0.05, 0.1) is 5.02 Å². The van der Waals surface area contributed by atoms with Crippen LogP contribution in [0.2, 0.25) is 10.0 Å². The summed E-state index contributed by atoms with van der Waals surface area (Å²) in [6, 6.07) is 13.6. The topological polar surface area (TPSA) is 20.3 Å². The van der Waals surface area contributed by atoms with E-state index >= 15 is 0 Å². The minimum absolute atomic E-state index is 0.0283. The largest absolute Gasteiger partial charge is 0.307 e. The zero-order valence-corrected chi connectivity index (χ0v) is 14.5. The molecule has 3 aromatic rings. The van der Waals surface area contributed by atoms with E-state index in [0.717, 1.165) is 35.2 Å². The van der Waals surface area contributed by atoms with E-state index in [0.29, 0.717) is 14.9 Å². The number of carbonyl (C=O) groups is 1. The van der Waals surface area contributed by atoms with Crippen LogP contribution < -0.4 is 4.90 Å². The Morgan fingerprint density at radius 2 is 1.96 bits per heavy atom. The highest BCUT2D eigenvalue weighted by Gasteiger charge is 2.27. The number of rotatable bonds is 1. The summed E-state index contributed by atoms with van der Waals surface area (Å²) in [7, 11) is 0. The number of anilines is 1. The number of para-hydroxylation sites is 1. The maximum absolute atomic E-state index is 13.1. The summed E-state index contributed by atoms with van der Waals surface area (Å²) in [4.78, 5) is 15.5. The molecule has 0 fully saturated rings. The molecule has 0 unspecified atom stereocenters. The molecule has 0 N–H and O–H groups in total. The molecule has 5 heteroatoms. The van der Waals surface area contributed by atoms with E-state index in [1.807, 2.05) is 35.2 Å². The first-order chi connectivity index (χ1) is 11.1. The van der Waals surface area contributed by atoms with Crippen molar-refractivity contribution < 1.29 is 4.79 Å². The normalized spacial score (nSPS) is 14.1. The number of thiophene rings is 1. The fraction of sp³-hybridized carbons (Fsp3) is 0.167. The number of amides is 1. The second kappa shape index (κ2) is 5.82. The molecular weight excluding hydrogens is 349 g/mol. The van der Waals surface area contributed by atoms with Gasteiger partial charge in [-0.15, -0.1) is 11.3 Å².